The minimum atomic E-state index is -2.89. The van der Waals surface area contributed by atoms with Crippen molar-refractivity contribution in [2.24, 2.45) is 0 Å². The van der Waals surface area contributed by atoms with Crippen LogP contribution in [0.2, 0.25) is 0 Å². The first-order valence-corrected chi connectivity index (χ1v) is 3.69. The van der Waals surface area contributed by atoms with E-state index in [1.165, 1.54) is 0 Å². The fourth-order valence-electron chi connectivity index (χ4n) is 0.987. The minimum absolute atomic E-state index is 0.158. The van der Waals surface area contributed by atoms with Crippen molar-refractivity contribution in [3.63, 3.8) is 0 Å². The smallest absolute Gasteiger partial charge is 0.388 e. The number of hydrogen-bond donors (Lipinski definition) is 1. The second-order valence-corrected chi connectivity index (χ2v) is 2.68. The fraction of sp³-hybridized carbons (Fsp3) is 0.375. The Labute approximate surface area is 74.5 Å². The number of halogens is 2. The van der Waals surface area contributed by atoms with Crippen LogP contribution in [0, 0.1) is 13.8 Å². The first-order valence-electron chi connectivity index (χ1n) is 3.69. The van der Waals surface area contributed by atoms with Gasteiger partial charge in [-0.15, -0.1) is 0 Å². The van der Waals surface area contributed by atoms with E-state index in [4.69, 9.17) is 5.73 Å². The first-order chi connectivity index (χ1) is 6.00. The van der Waals surface area contributed by atoms with Gasteiger partial charge in [0.1, 0.15) is 0 Å². The van der Waals surface area contributed by atoms with Gasteiger partial charge in [-0.3, -0.25) is 0 Å². The molecule has 0 fully saturated rings. The third-order valence-electron chi connectivity index (χ3n) is 1.56. The number of aromatic nitrogens is 1. The molecule has 72 valence electrons. The molecule has 0 aliphatic heterocycles. The third-order valence-corrected chi connectivity index (χ3v) is 1.56. The number of nitrogen functional groups attached to an aromatic ring is 1. The topological polar surface area (TPSA) is 48.1 Å². The predicted octanol–water partition coefficient (Wildman–Crippen LogP) is 1.88. The molecule has 0 saturated heterocycles. The van der Waals surface area contributed by atoms with Crippen molar-refractivity contribution in [2.45, 2.75) is 20.5 Å². The highest BCUT2D eigenvalue weighted by Crippen LogP contribution is 2.24. The van der Waals surface area contributed by atoms with Crippen LogP contribution in [0.15, 0.2) is 6.07 Å². The molecule has 0 aliphatic carbocycles. The molecule has 0 radical (unpaired) electrons. The van der Waals surface area contributed by atoms with E-state index in [2.05, 4.69) is 9.72 Å². The normalized spacial score (nSPS) is 10.5. The lowest BCUT2D eigenvalue weighted by Crippen LogP contribution is -2.07. The zero-order valence-electron chi connectivity index (χ0n) is 7.34. The Balaban J connectivity index is 3.05. The molecule has 0 aliphatic rings. The maximum atomic E-state index is 11.8. The van der Waals surface area contributed by atoms with Crippen LogP contribution >= 0.6 is 0 Å². The van der Waals surface area contributed by atoms with Gasteiger partial charge in [0.15, 0.2) is 0 Å². The van der Waals surface area contributed by atoms with Crippen molar-refractivity contribution in [3.8, 4) is 5.88 Å². The van der Waals surface area contributed by atoms with Crippen LogP contribution < -0.4 is 10.5 Å². The van der Waals surface area contributed by atoms with Gasteiger partial charge in [-0.1, -0.05) is 0 Å². The van der Waals surface area contributed by atoms with Crippen molar-refractivity contribution < 1.29 is 13.5 Å². The minimum Gasteiger partial charge on any atom is -0.415 e. The average molecular weight is 188 g/mol. The van der Waals surface area contributed by atoms with Gasteiger partial charge < -0.3 is 10.5 Å². The number of aryl methyl sites for hydroxylation is 2. The molecule has 1 aromatic heterocycles. The molecule has 0 aromatic carbocycles. The Kier molecular flexibility index (Phi) is 2.65. The number of anilines is 1. The van der Waals surface area contributed by atoms with Gasteiger partial charge in [-0.25, -0.2) is 4.98 Å². The second kappa shape index (κ2) is 3.55. The highest BCUT2D eigenvalue weighted by molar-refractivity contribution is 5.54. The molecule has 1 rings (SSSR count). The Morgan fingerprint density at radius 3 is 2.62 bits per heavy atom. The van der Waals surface area contributed by atoms with Gasteiger partial charge in [0.25, 0.3) is 0 Å². The predicted molar refractivity (Wildman–Crippen MR) is 44.8 cm³/mol. The van der Waals surface area contributed by atoms with Crippen LogP contribution in [0.1, 0.15) is 11.3 Å². The molecule has 0 unspecified atom stereocenters. The first kappa shape index (κ1) is 9.70. The van der Waals surface area contributed by atoms with E-state index in [9.17, 15) is 8.78 Å². The molecule has 0 saturated carbocycles. The Bertz CT molecular complexity index is 315. The van der Waals surface area contributed by atoms with Gasteiger partial charge >= 0.3 is 6.61 Å². The summed E-state index contributed by atoms with van der Waals surface area (Å²) in [6, 6.07) is 1.70. The SMILES string of the molecule is Cc1cc(C)c(N)c(OC(F)F)n1. The molecule has 0 spiro atoms. The molecule has 2 N–H and O–H groups in total. The number of alkyl halides is 2. The van der Waals surface area contributed by atoms with Gasteiger partial charge in [-0.05, 0) is 25.5 Å². The molecule has 1 heterocycles. The zero-order valence-corrected chi connectivity index (χ0v) is 7.34. The molecule has 5 heteroatoms. The lowest BCUT2D eigenvalue weighted by atomic mass is 10.2. The van der Waals surface area contributed by atoms with E-state index in [1.54, 1.807) is 19.9 Å². The summed E-state index contributed by atoms with van der Waals surface area (Å²) < 4.78 is 27.8. The summed E-state index contributed by atoms with van der Waals surface area (Å²) in [5.41, 5.74) is 6.92. The second-order valence-electron chi connectivity index (χ2n) is 2.68. The lowest BCUT2D eigenvalue weighted by molar-refractivity contribution is -0.0523. The van der Waals surface area contributed by atoms with Crippen molar-refractivity contribution in [3.05, 3.63) is 17.3 Å². The number of nitrogens with two attached hydrogens (primary N) is 1. The standard InChI is InChI=1S/C8H10F2N2O/c1-4-3-5(2)12-7(6(4)11)13-8(9)10/h3,8H,11H2,1-2H3. The fourth-order valence-corrected chi connectivity index (χ4v) is 0.987. The summed E-state index contributed by atoms with van der Waals surface area (Å²) in [7, 11) is 0. The van der Waals surface area contributed by atoms with E-state index >= 15 is 0 Å². The van der Waals surface area contributed by atoms with Gasteiger partial charge in [0.2, 0.25) is 5.88 Å². The Hall–Kier alpha value is -1.39. The summed E-state index contributed by atoms with van der Waals surface area (Å²) in [5.74, 6) is -0.201. The van der Waals surface area contributed by atoms with Crippen molar-refractivity contribution in [1.29, 1.82) is 0 Å². The Morgan fingerprint density at radius 2 is 2.08 bits per heavy atom. The molecular formula is C8H10F2N2O. The number of pyridine rings is 1. The monoisotopic (exact) mass is 188 g/mol. The number of hydrogen-bond acceptors (Lipinski definition) is 3. The molecule has 0 bridgehead atoms. The van der Waals surface area contributed by atoms with E-state index in [0.717, 1.165) is 0 Å². The van der Waals surface area contributed by atoms with Gasteiger partial charge in [0.05, 0.1) is 5.69 Å². The lowest BCUT2D eigenvalue weighted by Gasteiger charge is -2.09. The van der Waals surface area contributed by atoms with Crippen molar-refractivity contribution in [1.82, 2.24) is 4.98 Å². The maximum absolute atomic E-state index is 11.8. The van der Waals surface area contributed by atoms with Crippen molar-refractivity contribution in [2.75, 3.05) is 5.73 Å². The highest BCUT2D eigenvalue weighted by atomic mass is 19.3. The summed E-state index contributed by atoms with van der Waals surface area (Å²) in [6.07, 6.45) is 0. The van der Waals surface area contributed by atoms with Crippen LogP contribution in [0.5, 0.6) is 5.88 Å². The molecule has 0 atom stereocenters. The van der Waals surface area contributed by atoms with E-state index in [0.29, 0.717) is 11.3 Å². The van der Waals surface area contributed by atoms with Crippen LogP contribution in [0.4, 0.5) is 14.5 Å². The average Bonchev–Trinajstić information content (AvgIpc) is 1.98. The maximum Gasteiger partial charge on any atom is 0.388 e. The van der Waals surface area contributed by atoms with Crippen LogP contribution in [0.3, 0.4) is 0 Å². The Morgan fingerprint density at radius 1 is 1.46 bits per heavy atom. The van der Waals surface area contributed by atoms with Crippen molar-refractivity contribution >= 4 is 5.69 Å². The number of ether oxygens (including phenoxy) is 1. The summed E-state index contributed by atoms with van der Waals surface area (Å²) >= 11 is 0. The summed E-state index contributed by atoms with van der Waals surface area (Å²) in [4.78, 5) is 3.75. The van der Waals surface area contributed by atoms with E-state index < -0.39 is 6.61 Å². The summed E-state index contributed by atoms with van der Waals surface area (Å²) in [6.45, 7) is 0.503. The van der Waals surface area contributed by atoms with Gasteiger partial charge in [-0.2, -0.15) is 8.78 Å². The van der Waals surface area contributed by atoms with E-state index in [1.807, 2.05) is 0 Å². The number of rotatable bonds is 2. The number of nitrogens with zero attached hydrogens (tertiary/aromatic N) is 1. The largest absolute Gasteiger partial charge is 0.415 e. The van der Waals surface area contributed by atoms with Crippen LogP contribution in [-0.4, -0.2) is 11.6 Å². The molecule has 0 amide bonds. The van der Waals surface area contributed by atoms with Crippen LogP contribution in [0.25, 0.3) is 0 Å². The molecule has 13 heavy (non-hydrogen) atoms. The summed E-state index contributed by atoms with van der Waals surface area (Å²) in [5, 5.41) is 0. The molecule has 3 nitrogen and oxygen atoms in total. The highest BCUT2D eigenvalue weighted by Gasteiger charge is 2.11. The quantitative estimate of drug-likeness (QED) is 0.770. The van der Waals surface area contributed by atoms with E-state index in [-0.39, 0.29) is 11.6 Å². The molecular weight excluding hydrogens is 178 g/mol. The van der Waals surface area contributed by atoms with Crippen LogP contribution in [-0.2, 0) is 0 Å². The molecule has 1 aromatic rings. The third kappa shape index (κ3) is 2.27. The zero-order chi connectivity index (χ0) is 10.0. The van der Waals surface area contributed by atoms with Gasteiger partial charge in [0, 0.05) is 5.69 Å².